The van der Waals surface area contributed by atoms with Crippen LogP contribution in [0.1, 0.15) is 22.9 Å². The minimum atomic E-state index is -0.690. The van der Waals surface area contributed by atoms with Crippen molar-refractivity contribution in [3.63, 3.8) is 0 Å². The summed E-state index contributed by atoms with van der Waals surface area (Å²) in [6, 6.07) is 13.6. The first-order valence-electron chi connectivity index (χ1n) is 7.05. The number of nitrogens with zero attached hydrogens (tertiary/aromatic N) is 1. The van der Waals surface area contributed by atoms with E-state index >= 15 is 0 Å². The Morgan fingerprint density at radius 1 is 1.24 bits per heavy atom. The minimum absolute atomic E-state index is 0.186. The summed E-state index contributed by atoms with van der Waals surface area (Å²) in [6.07, 6.45) is 0.175. The molecule has 4 nitrogen and oxygen atoms in total. The first kappa shape index (κ1) is 13.9. The summed E-state index contributed by atoms with van der Waals surface area (Å²) in [5, 5.41) is 20.5. The van der Waals surface area contributed by atoms with Crippen LogP contribution < -0.4 is 4.74 Å². The smallest absolute Gasteiger partial charge is 0.134 e. The van der Waals surface area contributed by atoms with E-state index in [-0.39, 0.29) is 5.75 Å². The monoisotopic (exact) mass is 285 g/mol. The average Bonchev–Trinajstić information content (AvgIpc) is 2.83. The highest BCUT2D eigenvalue weighted by molar-refractivity contribution is 5.48. The molecule has 0 bridgehead atoms. The van der Waals surface area contributed by atoms with E-state index in [1.54, 1.807) is 19.2 Å². The minimum Gasteiger partial charge on any atom is -0.507 e. The molecule has 0 radical (unpaired) electrons. The fourth-order valence-electron chi connectivity index (χ4n) is 2.78. The third-order valence-corrected chi connectivity index (χ3v) is 3.99. The van der Waals surface area contributed by atoms with Crippen molar-refractivity contribution in [3.05, 3.63) is 59.2 Å². The number of hydrogen-bond donors (Lipinski definition) is 2. The van der Waals surface area contributed by atoms with Gasteiger partial charge in [0.15, 0.2) is 0 Å². The predicted molar refractivity (Wildman–Crippen MR) is 80.2 cm³/mol. The zero-order valence-electron chi connectivity index (χ0n) is 12.0. The van der Waals surface area contributed by atoms with Crippen molar-refractivity contribution < 1.29 is 14.9 Å². The third-order valence-electron chi connectivity index (χ3n) is 3.99. The number of benzene rings is 2. The first-order chi connectivity index (χ1) is 10.2. The van der Waals surface area contributed by atoms with Crippen LogP contribution in [-0.4, -0.2) is 28.8 Å². The highest BCUT2D eigenvalue weighted by atomic mass is 16.5. The normalized spacial score (nSPS) is 17.7. The standard InChI is InChI=1S/C17H19NO3/c1-21-13-9-14-15(16(19)10-13)11-18(17(14)20)8-7-12-5-3-2-4-6-12/h2-6,9-10,17,19-20H,7-8,11H2,1H3. The van der Waals surface area contributed by atoms with Crippen LogP contribution in [0, 0.1) is 0 Å². The fraction of sp³-hybridized carbons (Fsp3) is 0.294. The van der Waals surface area contributed by atoms with E-state index in [9.17, 15) is 10.2 Å². The largest absolute Gasteiger partial charge is 0.507 e. The molecule has 1 aliphatic heterocycles. The number of fused-ring (bicyclic) bond motifs is 1. The zero-order valence-corrected chi connectivity index (χ0v) is 12.0. The van der Waals surface area contributed by atoms with Crippen LogP contribution >= 0.6 is 0 Å². The maximum atomic E-state index is 10.4. The summed E-state index contributed by atoms with van der Waals surface area (Å²) < 4.78 is 5.14. The molecule has 3 rings (SSSR count). The molecule has 2 aromatic carbocycles. The van der Waals surface area contributed by atoms with Crippen LogP contribution in [-0.2, 0) is 13.0 Å². The number of ether oxygens (including phenoxy) is 1. The second-order valence-electron chi connectivity index (χ2n) is 5.29. The summed E-state index contributed by atoms with van der Waals surface area (Å²) in [6.45, 7) is 1.29. The van der Waals surface area contributed by atoms with Crippen LogP contribution in [0.15, 0.2) is 42.5 Å². The molecule has 0 aliphatic carbocycles. The number of hydrogen-bond acceptors (Lipinski definition) is 4. The second kappa shape index (κ2) is 5.76. The van der Waals surface area contributed by atoms with E-state index in [1.165, 1.54) is 5.56 Å². The molecule has 2 N–H and O–H groups in total. The molecule has 1 unspecified atom stereocenters. The molecule has 1 aliphatic rings. The Balaban J connectivity index is 1.74. The highest BCUT2D eigenvalue weighted by Gasteiger charge is 2.30. The van der Waals surface area contributed by atoms with Crippen molar-refractivity contribution in [1.29, 1.82) is 0 Å². The Bertz CT molecular complexity index is 627. The van der Waals surface area contributed by atoms with Gasteiger partial charge in [0.2, 0.25) is 0 Å². The topological polar surface area (TPSA) is 52.9 Å². The van der Waals surface area contributed by atoms with Gasteiger partial charge < -0.3 is 14.9 Å². The molecule has 1 heterocycles. The number of phenols is 1. The second-order valence-corrected chi connectivity index (χ2v) is 5.29. The van der Waals surface area contributed by atoms with Gasteiger partial charge in [0, 0.05) is 30.3 Å². The summed E-state index contributed by atoms with van der Waals surface area (Å²) >= 11 is 0. The molecule has 0 aromatic heterocycles. The predicted octanol–water partition coefficient (Wildman–Crippen LogP) is 2.45. The Kier molecular flexibility index (Phi) is 3.82. The molecule has 0 fully saturated rings. The van der Waals surface area contributed by atoms with Gasteiger partial charge in [0.25, 0.3) is 0 Å². The van der Waals surface area contributed by atoms with Crippen LogP contribution in [0.2, 0.25) is 0 Å². The van der Waals surface area contributed by atoms with Gasteiger partial charge in [0.05, 0.1) is 7.11 Å². The van der Waals surface area contributed by atoms with Gasteiger partial charge in [-0.1, -0.05) is 30.3 Å². The number of aliphatic hydroxyl groups excluding tert-OH is 1. The highest BCUT2D eigenvalue weighted by Crippen LogP contribution is 2.39. The van der Waals surface area contributed by atoms with E-state index in [4.69, 9.17) is 4.74 Å². The van der Waals surface area contributed by atoms with Gasteiger partial charge >= 0.3 is 0 Å². The van der Waals surface area contributed by atoms with Gasteiger partial charge in [0.1, 0.15) is 17.7 Å². The molecular weight excluding hydrogens is 266 g/mol. The Hall–Kier alpha value is -2.04. The van der Waals surface area contributed by atoms with Crippen molar-refractivity contribution >= 4 is 0 Å². The molecule has 0 saturated heterocycles. The van der Waals surface area contributed by atoms with Crippen molar-refractivity contribution in [2.24, 2.45) is 0 Å². The number of rotatable bonds is 4. The quantitative estimate of drug-likeness (QED) is 0.906. The molecular formula is C17H19NO3. The van der Waals surface area contributed by atoms with E-state index in [1.807, 2.05) is 23.1 Å². The number of aromatic hydroxyl groups is 1. The summed E-state index contributed by atoms with van der Waals surface area (Å²) in [4.78, 5) is 1.96. The first-order valence-corrected chi connectivity index (χ1v) is 7.05. The van der Waals surface area contributed by atoms with Crippen molar-refractivity contribution in [3.8, 4) is 11.5 Å². The van der Waals surface area contributed by atoms with Gasteiger partial charge in [-0.3, -0.25) is 4.90 Å². The molecule has 0 spiro atoms. The van der Waals surface area contributed by atoms with E-state index in [2.05, 4.69) is 12.1 Å². The SMILES string of the molecule is COc1cc(O)c2c(c1)C(O)N(CCc1ccccc1)C2. The zero-order chi connectivity index (χ0) is 14.8. The number of phenolic OH excluding ortho intramolecular Hbond substituents is 1. The molecule has 0 saturated carbocycles. The number of aliphatic hydroxyl groups is 1. The lowest BCUT2D eigenvalue weighted by Crippen LogP contribution is -2.24. The maximum Gasteiger partial charge on any atom is 0.134 e. The Labute approximate surface area is 124 Å². The lowest BCUT2D eigenvalue weighted by Gasteiger charge is -2.20. The van der Waals surface area contributed by atoms with Gasteiger partial charge in [-0.15, -0.1) is 0 Å². The Morgan fingerprint density at radius 2 is 2.00 bits per heavy atom. The molecule has 21 heavy (non-hydrogen) atoms. The molecule has 1 atom stereocenters. The molecule has 4 heteroatoms. The summed E-state index contributed by atoms with van der Waals surface area (Å²) in [7, 11) is 1.55. The van der Waals surface area contributed by atoms with E-state index in [0.717, 1.165) is 24.1 Å². The molecule has 110 valence electrons. The maximum absolute atomic E-state index is 10.4. The van der Waals surface area contributed by atoms with Crippen molar-refractivity contribution in [2.45, 2.75) is 19.2 Å². The molecule has 0 amide bonds. The van der Waals surface area contributed by atoms with Crippen LogP contribution in [0.5, 0.6) is 11.5 Å². The van der Waals surface area contributed by atoms with Gasteiger partial charge in [-0.05, 0) is 18.1 Å². The van der Waals surface area contributed by atoms with Crippen LogP contribution in [0.4, 0.5) is 0 Å². The van der Waals surface area contributed by atoms with Crippen molar-refractivity contribution in [1.82, 2.24) is 4.90 Å². The molecule has 2 aromatic rings. The fourth-order valence-corrected chi connectivity index (χ4v) is 2.78. The summed E-state index contributed by atoms with van der Waals surface area (Å²) in [5.41, 5.74) is 2.76. The van der Waals surface area contributed by atoms with Crippen molar-refractivity contribution in [2.75, 3.05) is 13.7 Å². The Morgan fingerprint density at radius 3 is 2.71 bits per heavy atom. The van der Waals surface area contributed by atoms with E-state index < -0.39 is 6.23 Å². The van der Waals surface area contributed by atoms with E-state index in [0.29, 0.717) is 12.3 Å². The van der Waals surface area contributed by atoms with Gasteiger partial charge in [-0.2, -0.15) is 0 Å². The average molecular weight is 285 g/mol. The van der Waals surface area contributed by atoms with Crippen LogP contribution in [0.3, 0.4) is 0 Å². The summed E-state index contributed by atoms with van der Waals surface area (Å²) in [5.74, 6) is 0.751. The lowest BCUT2D eigenvalue weighted by molar-refractivity contribution is 0.0144. The van der Waals surface area contributed by atoms with Gasteiger partial charge in [-0.25, -0.2) is 0 Å². The third kappa shape index (κ3) is 2.73. The van der Waals surface area contributed by atoms with Crippen LogP contribution in [0.25, 0.3) is 0 Å². The lowest BCUT2D eigenvalue weighted by atomic mass is 10.1. The number of methoxy groups -OCH3 is 1.